The number of aromatic nitrogens is 1. The van der Waals surface area contributed by atoms with Crippen molar-refractivity contribution in [2.45, 2.75) is 6.92 Å². The summed E-state index contributed by atoms with van der Waals surface area (Å²) < 4.78 is 2.04. The fraction of sp³-hybridized carbons (Fsp3) is 0.154. The van der Waals surface area contributed by atoms with E-state index in [1.54, 1.807) is 0 Å². The Labute approximate surface area is 89.9 Å². The van der Waals surface area contributed by atoms with Crippen LogP contribution in [0.4, 0.5) is 5.69 Å². The van der Waals surface area contributed by atoms with Gasteiger partial charge < -0.3 is 4.57 Å². The second kappa shape index (κ2) is 4.13. The van der Waals surface area contributed by atoms with E-state index in [9.17, 15) is 0 Å². The van der Waals surface area contributed by atoms with Gasteiger partial charge >= 0.3 is 0 Å². The molecular formula is C13H14N2. The lowest BCUT2D eigenvalue weighted by molar-refractivity contribution is 0.918. The third-order valence-corrected chi connectivity index (χ3v) is 2.36. The Hall–Kier alpha value is -1.83. The van der Waals surface area contributed by atoms with Crippen molar-refractivity contribution in [3.8, 4) is 0 Å². The van der Waals surface area contributed by atoms with Crippen molar-refractivity contribution in [2.75, 3.05) is 0 Å². The summed E-state index contributed by atoms with van der Waals surface area (Å²) in [7, 11) is 2.01. The highest BCUT2D eigenvalue weighted by molar-refractivity contribution is 5.80. The average molecular weight is 198 g/mol. The van der Waals surface area contributed by atoms with Crippen molar-refractivity contribution >= 4 is 11.9 Å². The van der Waals surface area contributed by atoms with Gasteiger partial charge in [-0.2, -0.15) is 0 Å². The Bertz CT molecular complexity index is 464. The van der Waals surface area contributed by atoms with Gasteiger partial charge in [0.05, 0.1) is 17.6 Å². The average Bonchev–Trinajstić information content (AvgIpc) is 2.63. The maximum Gasteiger partial charge on any atom is 0.0630 e. The molecule has 0 aliphatic rings. The highest BCUT2D eigenvalue weighted by Crippen LogP contribution is 2.12. The van der Waals surface area contributed by atoms with Crippen molar-refractivity contribution < 1.29 is 0 Å². The second-order valence-corrected chi connectivity index (χ2v) is 3.64. The van der Waals surface area contributed by atoms with Crippen LogP contribution < -0.4 is 0 Å². The van der Waals surface area contributed by atoms with Crippen LogP contribution in [0.5, 0.6) is 0 Å². The molecule has 0 fully saturated rings. The monoisotopic (exact) mass is 198 g/mol. The lowest BCUT2D eigenvalue weighted by Gasteiger charge is -1.96. The zero-order valence-corrected chi connectivity index (χ0v) is 9.01. The highest BCUT2D eigenvalue weighted by atomic mass is 14.9. The minimum absolute atomic E-state index is 0.988. The van der Waals surface area contributed by atoms with Gasteiger partial charge in [-0.15, -0.1) is 0 Å². The number of benzene rings is 1. The number of rotatable bonds is 2. The number of aryl methyl sites for hydroxylation is 2. The predicted molar refractivity (Wildman–Crippen MR) is 63.8 cm³/mol. The van der Waals surface area contributed by atoms with E-state index in [0.29, 0.717) is 0 Å². The molecule has 0 aliphatic carbocycles. The van der Waals surface area contributed by atoms with Crippen LogP contribution in [0.2, 0.25) is 0 Å². The molecule has 15 heavy (non-hydrogen) atoms. The van der Waals surface area contributed by atoms with Crippen molar-refractivity contribution in [1.29, 1.82) is 0 Å². The standard InChI is InChI=1S/C13H14N2/c1-11-5-7-12(8-6-11)14-10-13-4-3-9-15(13)2/h3-10H,1-2H3. The zero-order chi connectivity index (χ0) is 10.7. The molecule has 1 aromatic carbocycles. The molecule has 1 heterocycles. The second-order valence-electron chi connectivity index (χ2n) is 3.64. The van der Waals surface area contributed by atoms with Crippen LogP contribution in [0.1, 0.15) is 11.3 Å². The van der Waals surface area contributed by atoms with Gasteiger partial charge in [-0.25, -0.2) is 0 Å². The summed E-state index contributed by atoms with van der Waals surface area (Å²) in [5.41, 5.74) is 3.35. The molecule has 0 bridgehead atoms. The van der Waals surface area contributed by atoms with Crippen molar-refractivity contribution in [1.82, 2.24) is 4.57 Å². The molecular weight excluding hydrogens is 184 g/mol. The van der Waals surface area contributed by atoms with E-state index in [-0.39, 0.29) is 0 Å². The number of aliphatic imine (C=N–C) groups is 1. The summed E-state index contributed by atoms with van der Waals surface area (Å²) in [5, 5.41) is 0. The molecule has 1 aromatic heterocycles. The van der Waals surface area contributed by atoms with E-state index < -0.39 is 0 Å². The number of hydrogen-bond acceptors (Lipinski definition) is 1. The fourth-order valence-electron chi connectivity index (χ4n) is 1.38. The van der Waals surface area contributed by atoms with Gasteiger partial charge in [-0.3, -0.25) is 4.99 Å². The number of hydrogen-bond donors (Lipinski definition) is 0. The van der Waals surface area contributed by atoms with Crippen LogP contribution in [0.25, 0.3) is 0 Å². The first-order valence-electron chi connectivity index (χ1n) is 4.98. The molecule has 2 nitrogen and oxygen atoms in total. The van der Waals surface area contributed by atoms with Crippen molar-refractivity contribution in [2.24, 2.45) is 12.0 Å². The molecule has 0 radical (unpaired) electrons. The molecule has 0 spiro atoms. The van der Waals surface area contributed by atoms with E-state index in [0.717, 1.165) is 11.4 Å². The fourth-order valence-corrected chi connectivity index (χ4v) is 1.38. The first-order valence-corrected chi connectivity index (χ1v) is 4.98. The van der Waals surface area contributed by atoms with Crippen LogP contribution in [-0.4, -0.2) is 10.8 Å². The molecule has 0 saturated carbocycles. The van der Waals surface area contributed by atoms with Gasteiger partial charge in [0.15, 0.2) is 0 Å². The molecule has 2 heteroatoms. The molecule has 0 amide bonds. The summed E-state index contributed by atoms with van der Waals surface area (Å²) >= 11 is 0. The number of nitrogens with zero attached hydrogens (tertiary/aromatic N) is 2. The largest absolute Gasteiger partial charge is 0.350 e. The molecule has 0 unspecified atom stereocenters. The Balaban J connectivity index is 2.19. The Morgan fingerprint density at radius 3 is 2.47 bits per heavy atom. The molecule has 0 aliphatic heterocycles. The summed E-state index contributed by atoms with van der Waals surface area (Å²) in [6.45, 7) is 2.07. The minimum Gasteiger partial charge on any atom is -0.350 e. The molecule has 2 aromatic rings. The van der Waals surface area contributed by atoms with Gasteiger partial charge in [0.2, 0.25) is 0 Å². The summed E-state index contributed by atoms with van der Waals surface area (Å²) in [6, 6.07) is 12.2. The SMILES string of the molecule is Cc1ccc(N=Cc2cccn2C)cc1. The van der Waals surface area contributed by atoms with E-state index in [1.165, 1.54) is 5.56 Å². The van der Waals surface area contributed by atoms with Gasteiger partial charge in [-0.05, 0) is 31.2 Å². The third-order valence-electron chi connectivity index (χ3n) is 2.36. The Morgan fingerprint density at radius 2 is 1.87 bits per heavy atom. The molecule has 2 rings (SSSR count). The van der Waals surface area contributed by atoms with Gasteiger partial charge in [0.25, 0.3) is 0 Å². The summed E-state index contributed by atoms with van der Waals surface area (Å²) in [5.74, 6) is 0. The lowest BCUT2D eigenvalue weighted by Crippen LogP contribution is -1.91. The Morgan fingerprint density at radius 1 is 1.13 bits per heavy atom. The maximum absolute atomic E-state index is 4.40. The van der Waals surface area contributed by atoms with Crippen LogP contribution >= 0.6 is 0 Å². The first-order chi connectivity index (χ1) is 7.25. The van der Waals surface area contributed by atoms with E-state index in [4.69, 9.17) is 0 Å². The molecule has 0 N–H and O–H groups in total. The smallest absolute Gasteiger partial charge is 0.0630 e. The zero-order valence-electron chi connectivity index (χ0n) is 9.01. The van der Waals surface area contributed by atoms with E-state index in [2.05, 4.69) is 24.0 Å². The summed E-state index contributed by atoms with van der Waals surface area (Å²) in [4.78, 5) is 4.40. The van der Waals surface area contributed by atoms with Crippen molar-refractivity contribution in [3.05, 3.63) is 53.9 Å². The topological polar surface area (TPSA) is 17.3 Å². The van der Waals surface area contributed by atoms with Crippen LogP contribution in [0, 0.1) is 6.92 Å². The minimum atomic E-state index is 0.988. The highest BCUT2D eigenvalue weighted by Gasteiger charge is 1.92. The molecule has 0 saturated heterocycles. The summed E-state index contributed by atoms with van der Waals surface area (Å²) in [6.07, 6.45) is 3.89. The quantitative estimate of drug-likeness (QED) is 0.660. The molecule has 76 valence electrons. The van der Waals surface area contributed by atoms with Gasteiger partial charge in [0, 0.05) is 13.2 Å². The lowest BCUT2D eigenvalue weighted by atomic mass is 10.2. The van der Waals surface area contributed by atoms with Crippen molar-refractivity contribution in [3.63, 3.8) is 0 Å². The van der Waals surface area contributed by atoms with Crippen LogP contribution in [0.3, 0.4) is 0 Å². The third kappa shape index (κ3) is 2.34. The Kier molecular flexibility index (Phi) is 2.68. The first kappa shape index (κ1) is 9.71. The normalized spacial score (nSPS) is 11.1. The van der Waals surface area contributed by atoms with E-state index in [1.807, 2.05) is 48.3 Å². The van der Waals surface area contributed by atoms with Gasteiger partial charge in [-0.1, -0.05) is 17.7 Å². The maximum atomic E-state index is 4.40. The van der Waals surface area contributed by atoms with Gasteiger partial charge in [0.1, 0.15) is 0 Å². The molecule has 0 atom stereocenters. The van der Waals surface area contributed by atoms with Crippen LogP contribution in [-0.2, 0) is 7.05 Å². The predicted octanol–water partition coefficient (Wildman–Crippen LogP) is 3.08. The van der Waals surface area contributed by atoms with E-state index >= 15 is 0 Å². The van der Waals surface area contributed by atoms with Crippen LogP contribution in [0.15, 0.2) is 47.6 Å².